The first-order valence-corrected chi connectivity index (χ1v) is 9.29. The van der Waals surface area contributed by atoms with Gasteiger partial charge in [0.1, 0.15) is 11.5 Å². The van der Waals surface area contributed by atoms with E-state index in [2.05, 4.69) is 10.3 Å². The first-order valence-electron chi connectivity index (χ1n) is 8.92. The second kappa shape index (κ2) is 10.0. The average Bonchev–Trinajstić information content (AvgIpc) is 3.17. The summed E-state index contributed by atoms with van der Waals surface area (Å²) >= 11 is 5.92. The number of fused-ring (bicyclic) bond motifs is 1. The zero-order valence-corrected chi connectivity index (χ0v) is 16.8. The summed E-state index contributed by atoms with van der Waals surface area (Å²) in [6.45, 7) is 2.10. The molecule has 4 N–H and O–H groups in total. The van der Waals surface area contributed by atoms with Gasteiger partial charge in [0.05, 0.1) is 10.9 Å². The second-order valence-electron chi connectivity index (χ2n) is 6.23. The van der Waals surface area contributed by atoms with E-state index in [0.717, 1.165) is 18.2 Å². The third-order valence-electron chi connectivity index (χ3n) is 4.48. The van der Waals surface area contributed by atoms with Crippen molar-refractivity contribution in [1.82, 2.24) is 10.3 Å². The number of aliphatic hydroxyl groups is 1. The topological polar surface area (TPSA) is 102 Å². The van der Waals surface area contributed by atoms with Crippen molar-refractivity contribution in [2.75, 3.05) is 7.11 Å². The monoisotopic (exact) mass is 420 g/mol. The second-order valence-corrected chi connectivity index (χ2v) is 6.61. The predicted octanol–water partition coefficient (Wildman–Crippen LogP) is 4.08. The van der Waals surface area contributed by atoms with Crippen molar-refractivity contribution in [3.8, 4) is 0 Å². The number of aromatic nitrogens is 1. The summed E-state index contributed by atoms with van der Waals surface area (Å²) in [7, 11) is 1.00. The number of rotatable bonds is 6. The van der Waals surface area contributed by atoms with Crippen molar-refractivity contribution in [1.29, 1.82) is 0 Å². The summed E-state index contributed by atoms with van der Waals surface area (Å²) in [5, 5.41) is 19.4. The smallest absolute Gasteiger partial charge is 0.310 e. The molecule has 1 amide bonds. The zero-order chi connectivity index (χ0) is 21.6. The zero-order valence-electron chi connectivity index (χ0n) is 16.0. The molecule has 1 aromatic heterocycles. The molecule has 1 atom stereocenters. The van der Waals surface area contributed by atoms with Gasteiger partial charge in [-0.2, -0.15) is 0 Å². The third-order valence-corrected chi connectivity index (χ3v) is 4.86. The number of aliphatic hydroxyl groups excluding tert-OH is 1. The average molecular weight is 421 g/mol. The van der Waals surface area contributed by atoms with Gasteiger partial charge >= 0.3 is 5.97 Å². The van der Waals surface area contributed by atoms with Crippen LogP contribution in [0.1, 0.15) is 40.9 Å². The fourth-order valence-corrected chi connectivity index (χ4v) is 3.18. The Labute approximate surface area is 172 Å². The minimum absolute atomic E-state index is 0.0257. The molecule has 29 heavy (non-hydrogen) atoms. The number of H-pyrrole nitrogens is 1. The van der Waals surface area contributed by atoms with Gasteiger partial charge in [0.15, 0.2) is 0 Å². The van der Waals surface area contributed by atoms with Gasteiger partial charge in [-0.3, -0.25) is 9.59 Å². The Morgan fingerprint density at radius 1 is 1.17 bits per heavy atom. The Bertz CT molecular complexity index is 1000. The van der Waals surface area contributed by atoms with Gasteiger partial charge in [-0.05, 0) is 35.7 Å². The number of halogens is 2. The van der Waals surface area contributed by atoms with Crippen molar-refractivity contribution < 1.29 is 24.2 Å². The molecule has 8 heteroatoms. The Balaban J connectivity index is 0.00000145. The summed E-state index contributed by atoms with van der Waals surface area (Å²) in [4.78, 5) is 26.5. The van der Waals surface area contributed by atoms with E-state index in [4.69, 9.17) is 16.7 Å². The molecular formula is C21H22ClFN2O4. The molecule has 0 fully saturated rings. The first-order chi connectivity index (χ1) is 13.9. The number of hydrogen-bond acceptors (Lipinski definition) is 3. The van der Waals surface area contributed by atoms with E-state index < -0.39 is 17.7 Å². The Hall–Kier alpha value is -2.90. The normalized spacial score (nSPS) is 11.5. The van der Waals surface area contributed by atoms with Crippen LogP contribution in [-0.2, 0) is 11.3 Å². The highest BCUT2D eigenvalue weighted by Crippen LogP contribution is 2.27. The highest BCUT2D eigenvalue weighted by Gasteiger charge is 2.17. The molecule has 3 rings (SSSR count). The van der Waals surface area contributed by atoms with Crippen LogP contribution in [0.3, 0.4) is 0 Å². The number of carboxylic acids is 1. The van der Waals surface area contributed by atoms with Gasteiger partial charge in [-0.1, -0.05) is 42.8 Å². The molecule has 1 unspecified atom stereocenters. The Morgan fingerprint density at radius 3 is 2.41 bits per heavy atom. The van der Waals surface area contributed by atoms with Crippen molar-refractivity contribution >= 4 is 34.4 Å². The number of amides is 1. The van der Waals surface area contributed by atoms with Crippen LogP contribution in [-0.4, -0.2) is 34.2 Å². The standard InChI is InChI=1S/C20H18ClFN2O3.CH4O/c1-2-13(20(26)27)12-5-3-11(4-6-12)10-23-19(25)17-9-14-16(24-17)8-7-15(22)18(14)21;1-2/h3-9,13,24H,2,10H2,1H3,(H,23,25)(H,26,27);2H,1H3. The number of carbonyl (C=O) groups is 2. The molecule has 0 radical (unpaired) electrons. The van der Waals surface area contributed by atoms with E-state index in [1.54, 1.807) is 24.3 Å². The molecule has 1 heterocycles. The lowest BCUT2D eigenvalue weighted by atomic mass is 9.96. The maximum absolute atomic E-state index is 13.5. The van der Waals surface area contributed by atoms with E-state index in [1.807, 2.05) is 6.92 Å². The molecule has 0 aliphatic rings. The van der Waals surface area contributed by atoms with Gasteiger partial charge in [-0.15, -0.1) is 0 Å². The van der Waals surface area contributed by atoms with Gasteiger partial charge in [0, 0.05) is 24.6 Å². The summed E-state index contributed by atoms with van der Waals surface area (Å²) in [6, 6.07) is 11.4. The van der Waals surface area contributed by atoms with E-state index in [0.29, 0.717) is 17.3 Å². The van der Waals surface area contributed by atoms with Crippen LogP contribution < -0.4 is 5.32 Å². The summed E-state index contributed by atoms with van der Waals surface area (Å²) in [5.41, 5.74) is 2.43. The van der Waals surface area contributed by atoms with Crippen LogP contribution in [0.15, 0.2) is 42.5 Å². The van der Waals surface area contributed by atoms with Crippen LogP contribution in [0, 0.1) is 5.82 Å². The quantitative estimate of drug-likeness (QED) is 0.482. The number of carboxylic acid groups (broad SMARTS) is 1. The highest BCUT2D eigenvalue weighted by molar-refractivity contribution is 6.35. The molecule has 154 valence electrons. The summed E-state index contributed by atoms with van der Waals surface area (Å²) < 4.78 is 13.5. The predicted molar refractivity (Wildman–Crippen MR) is 110 cm³/mol. The lowest BCUT2D eigenvalue weighted by Gasteiger charge is -2.11. The van der Waals surface area contributed by atoms with Crippen LogP contribution in [0.5, 0.6) is 0 Å². The maximum Gasteiger partial charge on any atom is 0.310 e. The molecule has 0 aliphatic heterocycles. The number of aromatic amines is 1. The van der Waals surface area contributed by atoms with Crippen LogP contribution in [0.4, 0.5) is 4.39 Å². The number of carbonyl (C=O) groups excluding carboxylic acids is 1. The SMILES string of the molecule is CCC(C(=O)O)c1ccc(CNC(=O)c2cc3c(Cl)c(F)ccc3[nH]2)cc1.CO. The van der Waals surface area contributed by atoms with Crippen molar-refractivity contribution in [3.05, 3.63) is 70.1 Å². The van der Waals surface area contributed by atoms with E-state index >= 15 is 0 Å². The molecule has 0 bridgehead atoms. The van der Waals surface area contributed by atoms with Crippen molar-refractivity contribution in [2.45, 2.75) is 25.8 Å². The fourth-order valence-electron chi connectivity index (χ4n) is 2.96. The Kier molecular flexibility index (Phi) is 7.75. The van der Waals surface area contributed by atoms with Gasteiger partial charge in [0.25, 0.3) is 5.91 Å². The summed E-state index contributed by atoms with van der Waals surface area (Å²) in [6.07, 6.45) is 0.509. The number of aliphatic carboxylic acids is 1. The molecule has 0 aliphatic carbocycles. The van der Waals surface area contributed by atoms with Gasteiger partial charge < -0.3 is 20.5 Å². The minimum atomic E-state index is -0.854. The van der Waals surface area contributed by atoms with E-state index in [1.165, 1.54) is 18.2 Å². The van der Waals surface area contributed by atoms with Crippen molar-refractivity contribution in [2.24, 2.45) is 0 Å². The molecule has 0 spiro atoms. The molecule has 0 saturated heterocycles. The Morgan fingerprint density at radius 2 is 1.83 bits per heavy atom. The molecule has 0 saturated carbocycles. The highest BCUT2D eigenvalue weighted by atomic mass is 35.5. The number of benzene rings is 2. The van der Waals surface area contributed by atoms with E-state index in [-0.39, 0.29) is 23.2 Å². The minimum Gasteiger partial charge on any atom is -0.481 e. The molecule has 6 nitrogen and oxygen atoms in total. The third kappa shape index (κ3) is 5.13. The first kappa shape index (κ1) is 22.4. The fraction of sp³-hybridized carbons (Fsp3) is 0.238. The molecule has 3 aromatic rings. The molecule has 2 aromatic carbocycles. The van der Waals surface area contributed by atoms with Gasteiger partial charge in [-0.25, -0.2) is 4.39 Å². The largest absolute Gasteiger partial charge is 0.481 e. The van der Waals surface area contributed by atoms with Crippen LogP contribution in [0.2, 0.25) is 5.02 Å². The number of nitrogens with one attached hydrogen (secondary N) is 2. The maximum atomic E-state index is 13.5. The lowest BCUT2D eigenvalue weighted by Crippen LogP contribution is -2.23. The van der Waals surface area contributed by atoms with E-state index in [9.17, 15) is 19.1 Å². The van der Waals surface area contributed by atoms with Crippen LogP contribution in [0.25, 0.3) is 10.9 Å². The molecular weight excluding hydrogens is 399 g/mol. The van der Waals surface area contributed by atoms with Crippen molar-refractivity contribution in [3.63, 3.8) is 0 Å². The lowest BCUT2D eigenvalue weighted by molar-refractivity contribution is -0.138. The number of hydrogen-bond donors (Lipinski definition) is 4. The van der Waals surface area contributed by atoms with Crippen LogP contribution >= 0.6 is 11.6 Å². The summed E-state index contributed by atoms with van der Waals surface area (Å²) in [5.74, 6) is -2.27. The van der Waals surface area contributed by atoms with Gasteiger partial charge in [0.2, 0.25) is 0 Å².